The molecule has 1 amide bonds. The van der Waals surface area contributed by atoms with Crippen LogP contribution in [-0.2, 0) is 4.79 Å². The maximum Gasteiger partial charge on any atom is 0.238 e. The van der Waals surface area contributed by atoms with E-state index in [-0.39, 0.29) is 17.9 Å². The second kappa shape index (κ2) is 6.70. The zero-order valence-corrected chi connectivity index (χ0v) is 13.5. The topological polar surface area (TPSA) is 52.6 Å². The van der Waals surface area contributed by atoms with Crippen LogP contribution in [0.3, 0.4) is 0 Å². The number of nitrogens with zero attached hydrogens (tertiary/aromatic N) is 1. The van der Waals surface area contributed by atoms with Gasteiger partial charge in [0.15, 0.2) is 0 Å². The van der Waals surface area contributed by atoms with Crippen LogP contribution in [0, 0.1) is 12.8 Å². The molecule has 5 heteroatoms. The van der Waals surface area contributed by atoms with E-state index in [4.69, 9.17) is 0 Å². The maximum absolute atomic E-state index is 12.1. The zero-order chi connectivity index (χ0) is 14.7. The number of likely N-dealkylation sites (tertiary alicyclic amines) is 1. The molecule has 1 saturated heterocycles. The lowest BCUT2D eigenvalue weighted by Crippen LogP contribution is -2.45. The number of nitrogens with one attached hydrogen (secondary N) is 1. The number of aliphatic hydroxyl groups excluding tert-OH is 1. The van der Waals surface area contributed by atoms with Crippen LogP contribution in [0.2, 0.25) is 0 Å². The largest absolute Gasteiger partial charge is 0.393 e. The highest BCUT2D eigenvalue weighted by atomic mass is 79.9. The summed E-state index contributed by atoms with van der Waals surface area (Å²) in [5.41, 5.74) is 1.89. The summed E-state index contributed by atoms with van der Waals surface area (Å²) in [4.78, 5) is 14.2. The van der Waals surface area contributed by atoms with Gasteiger partial charge in [0.05, 0.1) is 12.6 Å². The lowest BCUT2D eigenvalue weighted by molar-refractivity contribution is -0.118. The van der Waals surface area contributed by atoms with E-state index >= 15 is 0 Å². The quantitative estimate of drug-likeness (QED) is 0.888. The van der Waals surface area contributed by atoms with Crippen molar-refractivity contribution in [1.29, 1.82) is 0 Å². The van der Waals surface area contributed by atoms with Gasteiger partial charge < -0.3 is 10.4 Å². The Morgan fingerprint density at radius 3 is 2.95 bits per heavy atom. The van der Waals surface area contributed by atoms with E-state index in [1.165, 1.54) is 0 Å². The summed E-state index contributed by atoms with van der Waals surface area (Å²) >= 11 is 3.41. The number of hydrogen-bond acceptors (Lipinski definition) is 3. The number of piperidine rings is 1. The summed E-state index contributed by atoms with van der Waals surface area (Å²) in [5, 5.41) is 12.6. The SMILES string of the molecule is Cc1cc(Br)ccc1NC(=O)CN1CCC(O)C(C)C1. The highest BCUT2D eigenvalue weighted by Gasteiger charge is 2.25. The van der Waals surface area contributed by atoms with E-state index < -0.39 is 0 Å². The average Bonchev–Trinajstić information content (AvgIpc) is 2.37. The monoisotopic (exact) mass is 340 g/mol. The fourth-order valence-corrected chi connectivity index (χ4v) is 3.00. The summed E-state index contributed by atoms with van der Waals surface area (Å²) in [6.07, 6.45) is 0.509. The molecule has 0 radical (unpaired) electrons. The molecule has 0 bridgehead atoms. The molecule has 0 aromatic heterocycles. The van der Waals surface area contributed by atoms with E-state index in [1.807, 2.05) is 32.0 Å². The van der Waals surface area contributed by atoms with Gasteiger partial charge in [-0.25, -0.2) is 0 Å². The van der Waals surface area contributed by atoms with Crippen molar-refractivity contribution in [3.05, 3.63) is 28.2 Å². The minimum atomic E-state index is -0.233. The Bertz CT molecular complexity index is 493. The van der Waals surface area contributed by atoms with Gasteiger partial charge in [-0.2, -0.15) is 0 Å². The van der Waals surface area contributed by atoms with Crippen molar-refractivity contribution < 1.29 is 9.90 Å². The van der Waals surface area contributed by atoms with Crippen molar-refractivity contribution in [3.63, 3.8) is 0 Å². The number of aryl methyl sites for hydroxylation is 1. The van der Waals surface area contributed by atoms with Gasteiger partial charge in [-0.1, -0.05) is 22.9 Å². The lowest BCUT2D eigenvalue weighted by atomic mass is 9.97. The number of rotatable bonds is 3. The fraction of sp³-hybridized carbons (Fsp3) is 0.533. The molecule has 110 valence electrons. The van der Waals surface area contributed by atoms with Crippen LogP contribution in [0.15, 0.2) is 22.7 Å². The first-order valence-electron chi connectivity index (χ1n) is 6.92. The molecule has 1 aromatic rings. The van der Waals surface area contributed by atoms with Crippen LogP contribution in [0.5, 0.6) is 0 Å². The second-order valence-corrected chi connectivity index (χ2v) is 6.49. The standard InChI is InChI=1S/C15H21BrN2O2/c1-10-7-12(16)3-4-13(10)17-15(20)9-18-6-5-14(19)11(2)8-18/h3-4,7,11,14,19H,5-6,8-9H2,1-2H3,(H,17,20). The van der Waals surface area contributed by atoms with Crippen LogP contribution in [0.4, 0.5) is 5.69 Å². The fourth-order valence-electron chi connectivity index (χ4n) is 2.52. The number of amides is 1. The van der Waals surface area contributed by atoms with Gasteiger partial charge in [0, 0.05) is 23.2 Å². The van der Waals surface area contributed by atoms with Crippen LogP contribution in [-0.4, -0.2) is 41.7 Å². The van der Waals surface area contributed by atoms with Gasteiger partial charge in [0.25, 0.3) is 0 Å². The molecule has 20 heavy (non-hydrogen) atoms. The van der Waals surface area contributed by atoms with Gasteiger partial charge in [0.2, 0.25) is 5.91 Å². The molecule has 2 atom stereocenters. The third kappa shape index (κ3) is 4.04. The molecule has 0 spiro atoms. The smallest absolute Gasteiger partial charge is 0.238 e. The van der Waals surface area contributed by atoms with E-state index in [1.54, 1.807) is 0 Å². The van der Waals surface area contributed by atoms with Gasteiger partial charge in [0.1, 0.15) is 0 Å². The van der Waals surface area contributed by atoms with Gasteiger partial charge in [-0.05, 0) is 43.0 Å². The number of benzene rings is 1. The number of halogens is 1. The Balaban J connectivity index is 1.89. The van der Waals surface area contributed by atoms with Crippen molar-refractivity contribution in [2.24, 2.45) is 5.92 Å². The first-order valence-corrected chi connectivity index (χ1v) is 7.71. The summed E-state index contributed by atoms with van der Waals surface area (Å²) in [6.45, 7) is 5.92. The van der Waals surface area contributed by atoms with Gasteiger partial charge in [-0.15, -0.1) is 0 Å². The van der Waals surface area contributed by atoms with E-state index in [0.717, 1.165) is 35.2 Å². The number of aliphatic hydroxyl groups is 1. The Labute approximate surface area is 128 Å². The predicted molar refractivity (Wildman–Crippen MR) is 83.7 cm³/mol. The Kier molecular flexibility index (Phi) is 5.18. The normalized spacial score (nSPS) is 23.6. The van der Waals surface area contributed by atoms with Crippen molar-refractivity contribution >= 4 is 27.5 Å². The summed E-state index contributed by atoms with van der Waals surface area (Å²) in [5.74, 6) is 0.227. The second-order valence-electron chi connectivity index (χ2n) is 5.58. The predicted octanol–water partition coefficient (Wildman–Crippen LogP) is 2.40. The highest BCUT2D eigenvalue weighted by Crippen LogP contribution is 2.20. The van der Waals surface area contributed by atoms with Crippen molar-refractivity contribution in [2.75, 3.05) is 25.0 Å². The molecular weight excluding hydrogens is 320 g/mol. The molecule has 2 N–H and O–H groups in total. The molecule has 1 fully saturated rings. The summed E-state index contributed by atoms with van der Waals surface area (Å²) in [6, 6.07) is 5.80. The molecule has 1 aliphatic heterocycles. The Morgan fingerprint density at radius 2 is 2.30 bits per heavy atom. The molecule has 2 unspecified atom stereocenters. The molecular formula is C15H21BrN2O2. The lowest BCUT2D eigenvalue weighted by Gasteiger charge is -2.33. The maximum atomic E-state index is 12.1. The van der Waals surface area contributed by atoms with Crippen LogP contribution in [0.1, 0.15) is 18.9 Å². The zero-order valence-electron chi connectivity index (χ0n) is 11.9. The van der Waals surface area contributed by atoms with E-state index in [9.17, 15) is 9.90 Å². The minimum absolute atomic E-state index is 0.000915. The van der Waals surface area contributed by atoms with Crippen molar-refractivity contribution in [1.82, 2.24) is 4.90 Å². The number of anilines is 1. The Morgan fingerprint density at radius 1 is 1.55 bits per heavy atom. The molecule has 1 aliphatic rings. The van der Waals surface area contributed by atoms with Crippen LogP contribution < -0.4 is 5.32 Å². The molecule has 1 aromatic carbocycles. The molecule has 2 rings (SSSR count). The number of carbonyl (C=O) groups excluding carboxylic acids is 1. The Hall–Kier alpha value is -0.910. The van der Waals surface area contributed by atoms with Crippen LogP contribution >= 0.6 is 15.9 Å². The highest BCUT2D eigenvalue weighted by molar-refractivity contribution is 9.10. The molecule has 1 heterocycles. The van der Waals surface area contributed by atoms with Gasteiger partial charge in [-0.3, -0.25) is 9.69 Å². The third-order valence-electron chi connectivity index (χ3n) is 3.77. The minimum Gasteiger partial charge on any atom is -0.393 e. The van der Waals surface area contributed by atoms with Crippen molar-refractivity contribution in [2.45, 2.75) is 26.4 Å². The first kappa shape index (κ1) is 15.5. The molecule has 0 aliphatic carbocycles. The summed E-state index contributed by atoms with van der Waals surface area (Å²) < 4.78 is 1.01. The molecule has 0 saturated carbocycles. The van der Waals surface area contributed by atoms with E-state index in [0.29, 0.717) is 6.54 Å². The van der Waals surface area contributed by atoms with Gasteiger partial charge >= 0.3 is 0 Å². The average molecular weight is 341 g/mol. The van der Waals surface area contributed by atoms with Crippen molar-refractivity contribution in [3.8, 4) is 0 Å². The summed E-state index contributed by atoms with van der Waals surface area (Å²) in [7, 11) is 0. The van der Waals surface area contributed by atoms with E-state index in [2.05, 4.69) is 26.1 Å². The number of carbonyl (C=O) groups is 1. The molecule has 4 nitrogen and oxygen atoms in total. The third-order valence-corrected chi connectivity index (χ3v) is 4.27. The first-order chi connectivity index (χ1) is 9.45. The van der Waals surface area contributed by atoms with Crippen LogP contribution in [0.25, 0.3) is 0 Å². The number of hydrogen-bond donors (Lipinski definition) is 2.